The summed E-state index contributed by atoms with van der Waals surface area (Å²) in [5, 5.41) is 2.57. The highest BCUT2D eigenvalue weighted by atomic mass is 35.5. The van der Waals surface area contributed by atoms with Gasteiger partial charge in [-0.25, -0.2) is 4.39 Å². The summed E-state index contributed by atoms with van der Waals surface area (Å²) in [5.41, 5.74) is 5.23. The van der Waals surface area contributed by atoms with E-state index in [-0.39, 0.29) is 23.7 Å². The van der Waals surface area contributed by atoms with E-state index in [1.165, 1.54) is 20.3 Å². The van der Waals surface area contributed by atoms with Crippen molar-refractivity contribution in [2.45, 2.75) is 6.42 Å². The summed E-state index contributed by atoms with van der Waals surface area (Å²) in [4.78, 5) is 11.7. The zero-order chi connectivity index (χ0) is 13.5. The van der Waals surface area contributed by atoms with Gasteiger partial charge in [0, 0.05) is 12.6 Å². The maximum absolute atomic E-state index is 13.7. The Bertz CT molecular complexity index is 430. The van der Waals surface area contributed by atoms with Crippen LogP contribution < -0.4 is 20.5 Å². The minimum absolute atomic E-state index is 0. The summed E-state index contributed by atoms with van der Waals surface area (Å²) in [5.74, 6) is -0.601. The molecular weight excluding hydrogens is 275 g/mol. The second-order valence-corrected chi connectivity index (χ2v) is 3.59. The predicted molar refractivity (Wildman–Crippen MR) is 72.8 cm³/mol. The Balaban J connectivity index is 0.00000324. The van der Waals surface area contributed by atoms with Crippen LogP contribution in [0.5, 0.6) is 11.5 Å². The lowest BCUT2D eigenvalue weighted by Crippen LogP contribution is -2.26. The maximum atomic E-state index is 13.7. The monoisotopic (exact) mass is 292 g/mol. The van der Waals surface area contributed by atoms with Gasteiger partial charge >= 0.3 is 0 Å². The number of hydrogen-bond acceptors (Lipinski definition) is 4. The van der Waals surface area contributed by atoms with Gasteiger partial charge in [-0.05, 0) is 19.0 Å². The third-order valence-electron chi connectivity index (χ3n) is 2.38. The molecule has 1 amide bonds. The molecule has 0 aliphatic heterocycles. The molecule has 0 heterocycles. The van der Waals surface area contributed by atoms with E-state index in [4.69, 9.17) is 15.2 Å². The van der Waals surface area contributed by atoms with Crippen LogP contribution in [0.4, 0.5) is 4.39 Å². The van der Waals surface area contributed by atoms with Gasteiger partial charge < -0.3 is 20.5 Å². The summed E-state index contributed by atoms with van der Waals surface area (Å²) < 4.78 is 23.6. The average Bonchev–Trinajstić information content (AvgIpc) is 2.38. The highest BCUT2D eigenvalue weighted by molar-refractivity contribution is 5.95. The van der Waals surface area contributed by atoms with Crippen LogP contribution >= 0.6 is 12.4 Å². The maximum Gasteiger partial charge on any atom is 0.254 e. The molecule has 0 atom stereocenters. The van der Waals surface area contributed by atoms with Crippen LogP contribution in [0, 0.1) is 5.82 Å². The minimum atomic E-state index is -0.655. The number of hydrogen-bond donors (Lipinski definition) is 2. The molecule has 5 nitrogen and oxygen atoms in total. The first kappa shape index (κ1) is 17.5. The molecule has 0 spiro atoms. The summed E-state index contributed by atoms with van der Waals surface area (Å²) in [6.45, 7) is 0.873. The molecule has 108 valence electrons. The molecule has 7 heteroatoms. The molecule has 0 aliphatic carbocycles. The molecule has 0 unspecified atom stereocenters. The largest absolute Gasteiger partial charge is 0.493 e. The first-order chi connectivity index (χ1) is 8.63. The first-order valence-electron chi connectivity index (χ1n) is 5.53. The molecule has 0 saturated carbocycles. The average molecular weight is 293 g/mol. The van der Waals surface area contributed by atoms with Crippen LogP contribution in [0.2, 0.25) is 0 Å². The Kier molecular flexibility index (Phi) is 7.86. The third-order valence-corrected chi connectivity index (χ3v) is 2.38. The summed E-state index contributed by atoms with van der Waals surface area (Å²) >= 11 is 0. The quantitative estimate of drug-likeness (QED) is 0.776. The number of ether oxygens (including phenoxy) is 2. The Morgan fingerprint density at radius 3 is 2.42 bits per heavy atom. The van der Waals surface area contributed by atoms with Crippen molar-refractivity contribution in [3.63, 3.8) is 0 Å². The molecule has 0 radical (unpaired) electrons. The van der Waals surface area contributed by atoms with Crippen LogP contribution in [0.3, 0.4) is 0 Å². The molecule has 0 bridgehead atoms. The molecule has 3 N–H and O–H groups in total. The number of rotatable bonds is 6. The van der Waals surface area contributed by atoms with Gasteiger partial charge in [0.05, 0.1) is 19.8 Å². The van der Waals surface area contributed by atoms with Gasteiger partial charge in [-0.2, -0.15) is 0 Å². The summed E-state index contributed by atoms with van der Waals surface area (Å²) in [7, 11) is 2.82. The molecule has 1 aromatic rings. The van der Waals surface area contributed by atoms with Crippen molar-refractivity contribution in [2.75, 3.05) is 27.3 Å². The van der Waals surface area contributed by atoms with E-state index in [1.54, 1.807) is 0 Å². The van der Waals surface area contributed by atoms with Crippen molar-refractivity contribution in [1.82, 2.24) is 5.32 Å². The summed E-state index contributed by atoms with van der Waals surface area (Å²) in [6, 6.07) is 2.43. The highest BCUT2D eigenvalue weighted by Crippen LogP contribution is 2.29. The first-order valence-corrected chi connectivity index (χ1v) is 5.53. The van der Waals surface area contributed by atoms with Gasteiger partial charge in [0.25, 0.3) is 5.91 Å². The Labute approximate surface area is 117 Å². The highest BCUT2D eigenvalue weighted by Gasteiger charge is 2.16. The van der Waals surface area contributed by atoms with E-state index >= 15 is 0 Å². The minimum Gasteiger partial charge on any atom is -0.493 e. The zero-order valence-electron chi connectivity index (χ0n) is 10.9. The van der Waals surface area contributed by atoms with E-state index in [0.717, 1.165) is 6.07 Å². The van der Waals surface area contributed by atoms with Crippen molar-refractivity contribution in [3.8, 4) is 11.5 Å². The lowest BCUT2D eigenvalue weighted by Gasteiger charge is -2.11. The molecular formula is C12H18ClFN2O3. The molecule has 0 aromatic heterocycles. The number of nitrogens with two attached hydrogens (primary N) is 1. The van der Waals surface area contributed by atoms with Gasteiger partial charge in [-0.3, -0.25) is 4.79 Å². The van der Waals surface area contributed by atoms with Crippen LogP contribution in [-0.2, 0) is 0 Å². The zero-order valence-corrected chi connectivity index (χ0v) is 11.7. The number of benzene rings is 1. The van der Waals surface area contributed by atoms with Gasteiger partial charge in [-0.15, -0.1) is 12.4 Å². The van der Waals surface area contributed by atoms with Crippen molar-refractivity contribution in [2.24, 2.45) is 5.73 Å². The lowest BCUT2D eigenvalue weighted by atomic mass is 10.1. The van der Waals surface area contributed by atoms with Crippen molar-refractivity contribution in [1.29, 1.82) is 0 Å². The molecule has 0 saturated heterocycles. The second kappa shape index (κ2) is 8.55. The van der Waals surface area contributed by atoms with Gasteiger partial charge in [0.2, 0.25) is 0 Å². The molecule has 0 aliphatic rings. The van der Waals surface area contributed by atoms with Gasteiger partial charge in [0.15, 0.2) is 11.5 Å². The number of nitrogens with one attached hydrogen (secondary N) is 1. The van der Waals surface area contributed by atoms with E-state index in [9.17, 15) is 9.18 Å². The number of amides is 1. The fourth-order valence-electron chi connectivity index (χ4n) is 1.43. The predicted octanol–water partition coefficient (Wildman–Crippen LogP) is 1.34. The topological polar surface area (TPSA) is 73.6 Å². The molecule has 0 fully saturated rings. The Hall–Kier alpha value is -1.53. The fourth-order valence-corrected chi connectivity index (χ4v) is 1.43. The Morgan fingerprint density at radius 1 is 1.32 bits per heavy atom. The van der Waals surface area contributed by atoms with Gasteiger partial charge in [0.1, 0.15) is 5.82 Å². The third kappa shape index (κ3) is 4.57. The lowest BCUT2D eigenvalue weighted by molar-refractivity contribution is 0.0949. The number of carbonyl (C=O) groups is 1. The van der Waals surface area contributed by atoms with Crippen LogP contribution in [0.15, 0.2) is 12.1 Å². The van der Waals surface area contributed by atoms with E-state index in [0.29, 0.717) is 25.3 Å². The SMILES string of the molecule is COc1cc(F)c(C(=O)NCCCN)cc1OC.Cl. The number of carbonyl (C=O) groups excluding carboxylic acids is 1. The van der Waals surface area contributed by atoms with Crippen molar-refractivity contribution in [3.05, 3.63) is 23.5 Å². The van der Waals surface area contributed by atoms with Crippen LogP contribution in [0.1, 0.15) is 16.8 Å². The van der Waals surface area contributed by atoms with Crippen LogP contribution in [0.25, 0.3) is 0 Å². The fraction of sp³-hybridized carbons (Fsp3) is 0.417. The van der Waals surface area contributed by atoms with Crippen LogP contribution in [-0.4, -0.2) is 33.2 Å². The van der Waals surface area contributed by atoms with Gasteiger partial charge in [-0.1, -0.05) is 0 Å². The normalized spacial score (nSPS) is 9.47. The standard InChI is InChI=1S/C12H17FN2O3.ClH/c1-17-10-6-8(9(13)7-11(10)18-2)12(16)15-5-3-4-14;/h6-7H,3-5,14H2,1-2H3,(H,15,16);1H. The molecule has 19 heavy (non-hydrogen) atoms. The van der Waals surface area contributed by atoms with Crippen molar-refractivity contribution < 1.29 is 18.7 Å². The Morgan fingerprint density at radius 2 is 1.89 bits per heavy atom. The molecule has 1 rings (SSSR count). The van der Waals surface area contributed by atoms with E-state index in [1.807, 2.05) is 0 Å². The van der Waals surface area contributed by atoms with Crippen molar-refractivity contribution >= 4 is 18.3 Å². The van der Waals surface area contributed by atoms with E-state index in [2.05, 4.69) is 5.32 Å². The summed E-state index contributed by atoms with van der Waals surface area (Å²) in [6.07, 6.45) is 0.640. The number of methoxy groups -OCH3 is 2. The molecule has 1 aromatic carbocycles. The number of halogens is 2. The van der Waals surface area contributed by atoms with E-state index < -0.39 is 11.7 Å². The second-order valence-electron chi connectivity index (χ2n) is 3.59. The smallest absolute Gasteiger partial charge is 0.254 e.